The summed E-state index contributed by atoms with van der Waals surface area (Å²) >= 11 is 6.23. The summed E-state index contributed by atoms with van der Waals surface area (Å²) in [5.74, 6) is 0.380. The van der Waals surface area contributed by atoms with Crippen molar-refractivity contribution in [2.75, 3.05) is 13.7 Å². The molecule has 3 aromatic carbocycles. The molecule has 0 aliphatic rings. The van der Waals surface area contributed by atoms with Gasteiger partial charge in [-0.15, -0.1) is 0 Å². The van der Waals surface area contributed by atoms with E-state index in [1.54, 1.807) is 54.5 Å². The van der Waals surface area contributed by atoms with Crippen LogP contribution in [-0.4, -0.2) is 34.0 Å². The van der Waals surface area contributed by atoms with Crippen molar-refractivity contribution in [1.82, 2.24) is 14.5 Å². The summed E-state index contributed by atoms with van der Waals surface area (Å²) in [6, 6.07) is 17.0. The van der Waals surface area contributed by atoms with Crippen LogP contribution in [0, 0.1) is 5.82 Å². The van der Waals surface area contributed by atoms with Crippen molar-refractivity contribution in [3.05, 3.63) is 99.3 Å². The normalized spacial score (nSPS) is 11.9. The molecule has 1 aromatic heterocycles. The SMILES string of the molecule is CCCCCN(C(=O)c1ccc(F)cc1)C(C)c1nc2cc(Cl)ccc2c(=O)n1-c1ccc(OC)cc1. The maximum absolute atomic E-state index is 13.8. The Kier molecular flexibility index (Phi) is 8.24. The zero-order valence-corrected chi connectivity index (χ0v) is 21.8. The number of ether oxygens (including phenoxy) is 1. The Balaban J connectivity index is 1.89. The van der Waals surface area contributed by atoms with Gasteiger partial charge in [0.15, 0.2) is 0 Å². The number of benzene rings is 3. The number of amides is 1. The number of carbonyl (C=O) groups excluding carboxylic acids is 1. The van der Waals surface area contributed by atoms with Gasteiger partial charge in [-0.2, -0.15) is 0 Å². The highest BCUT2D eigenvalue weighted by molar-refractivity contribution is 6.31. The standard InChI is InChI=1S/C29H29ClFN3O3/c1-4-5-6-17-33(28(35)20-7-10-22(31)11-8-20)19(2)27-32-26-18-21(30)9-16-25(26)29(36)34(27)23-12-14-24(37-3)15-13-23/h7-16,18-19H,4-6,17H2,1-3H3. The van der Waals surface area contributed by atoms with Crippen molar-refractivity contribution in [3.8, 4) is 11.4 Å². The number of nitrogens with zero attached hydrogens (tertiary/aromatic N) is 3. The van der Waals surface area contributed by atoms with Gasteiger partial charge in [-0.05, 0) is 80.1 Å². The fraction of sp³-hybridized carbons (Fsp3) is 0.276. The third kappa shape index (κ3) is 5.67. The monoisotopic (exact) mass is 521 g/mol. The Morgan fingerprint density at radius 1 is 1.08 bits per heavy atom. The molecular weight excluding hydrogens is 493 g/mol. The van der Waals surface area contributed by atoms with Gasteiger partial charge < -0.3 is 9.64 Å². The first-order valence-corrected chi connectivity index (χ1v) is 12.6. The van der Waals surface area contributed by atoms with Crippen molar-refractivity contribution < 1.29 is 13.9 Å². The average Bonchev–Trinajstić information content (AvgIpc) is 2.91. The van der Waals surface area contributed by atoms with Crippen molar-refractivity contribution in [1.29, 1.82) is 0 Å². The van der Waals surface area contributed by atoms with Gasteiger partial charge in [0.1, 0.15) is 17.4 Å². The third-order valence-corrected chi connectivity index (χ3v) is 6.62. The minimum absolute atomic E-state index is 0.259. The Labute approximate surface area is 220 Å². The van der Waals surface area contributed by atoms with Crippen molar-refractivity contribution in [3.63, 3.8) is 0 Å². The van der Waals surface area contributed by atoms with E-state index in [2.05, 4.69) is 6.92 Å². The fourth-order valence-corrected chi connectivity index (χ4v) is 4.50. The predicted octanol–water partition coefficient (Wildman–Crippen LogP) is 6.58. The Hall–Kier alpha value is -3.71. The Bertz CT molecular complexity index is 1450. The molecule has 4 aromatic rings. The Morgan fingerprint density at radius 3 is 2.43 bits per heavy atom. The van der Waals surface area contributed by atoms with Crippen LogP contribution in [0.25, 0.3) is 16.6 Å². The summed E-state index contributed by atoms with van der Waals surface area (Å²) in [6.07, 6.45) is 2.70. The van der Waals surface area contributed by atoms with E-state index in [-0.39, 0.29) is 11.5 Å². The van der Waals surface area contributed by atoms with Crippen LogP contribution < -0.4 is 10.3 Å². The molecule has 1 atom stereocenters. The van der Waals surface area contributed by atoms with Crippen LogP contribution in [0.15, 0.2) is 71.5 Å². The lowest BCUT2D eigenvalue weighted by Gasteiger charge is -2.31. The van der Waals surface area contributed by atoms with Gasteiger partial charge >= 0.3 is 0 Å². The minimum Gasteiger partial charge on any atom is -0.497 e. The maximum Gasteiger partial charge on any atom is 0.266 e. The van der Waals surface area contributed by atoms with Gasteiger partial charge in [-0.1, -0.05) is 31.4 Å². The molecule has 0 spiro atoms. The number of fused-ring (bicyclic) bond motifs is 1. The van der Waals surface area contributed by atoms with Gasteiger partial charge in [0.05, 0.1) is 29.7 Å². The van der Waals surface area contributed by atoms with Crippen molar-refractivity contribution in [2.45, 2.75) is 39.2 Å². The molecule has 4 rings (SSSR count). The van der Waals surface area contributed by atoms with Crippen LogP contribution in [-0.2, 0) is 0 Å². The molecule has 37 heavy (non-hydrogen) atoms. The lowest BCUT2D eigenvalue weighted by atomic mass is 10.1. The first kappa shape index (κ1) is 26.4. The average molecular weight is 522 g/mol. The number of halogens is 2. The number of hydrogen-bond donors (Lipinski definition) is 0. The van der Waals surface area contributed by atoms with Crippen LogP contribution in [0.3, 0.4) is 0 Å². The van der Waals surface area contributed by atoms with E-state index in [0.717, 1.165) is 19.3 Å². The number of rotatable bonds is 9. The van der Waals surface area contributed by atoms with Crippen LogP contribution >= 0.6 is 11.6 Å². The van der Waals surface area contributed by atoms with Crippen LogP contribution in [0.4, 0.5) is 4.39 Å². The van der Waals surface area contributed by atoms with Gasteiger partial charge in [0, 0.05) is 17.1 Å². The second-order valence-corrected chi connectivity index (χ2v) is 9.30. The minimum atomic E-state index is -0.576. The van der Waals surface area contributed by atoms with Crippen LogP contribution in [0.2, 0.25) is 5.02 Å². The Morgan fingerprint density at radius 2 is 1.78 bits per heavy atom. The number of carbonyl (C=O) groups is 1. The number of methoxy groups -OCH3 is 1. The summed E-state index contributed by atoms with van der Waals surface area (Å²) in [6.45, 7) is 4.40. The maximum atomic E-state index is 13.8. The number of hydrogen-bond acceptors (Lipinski definition) is 4. The van der Waals surface area contributed by atoms with E-state index in [1.807, 2.05) is 6.92 Å². The predicted molar refractivity (Wildman–Crippen MR) is 144 cm³/mol. The highest BCUT2D eigenvalue weighted by Gasteiger charge is 2.27. The van der Waals surface area contributed by atoms with Gasteiger partial charge in [0.25, 0.3) is 11.5 Å². The van der Waals surface area contributed by atoms with E-state index in [0.29, 0.717) is 45.3 Å². The summed E-state index contributed by atoms with van der Waals surface area (Å²) in [4.78, 5) is 34.0. The van der Waals surface area contributed by atoms with Gasteiger partial charge in [-0.3, -0.25) is 14.2 Å². The largest absolute Gasteiger partial charge is 0.497 e. The molecule has 1 amide bonds. The number of aromatic nitrogens is 2. The van der Waals surface area contributed by atoms with Crippen LogP contribution in [0.1, 0.15) is 55.3 Å². The van der Waals surface area contributed by atoms with Gasteiger partial charge in [0.2, 0.25) is 0 Å². The molecule has 0 aliphatic heterocycles. The molecule has 0 fully saturated rings. The molecule has 1 unspecified atom stereocenters. The first-order chi connectivity index (χ1) is 17.8. The second kappa shape index (κ2) is 11.6. The summed E-state index contributed by atoms with van der Waals surface area (Å²) in [5, 5.41) is 0.876. The molecule has 0 bridgehead atoms. The van der Waals surface area contributed by atoms with Crippen molar-refractivity contribution >= 4 is 28.4 Å². The lowest BCUT2D eigenvalue weighted by Crippen LogP contribution is -2.38. The molecule has 192 valence electrons. The zero-order chi connectivity index (χ0) is 26.5. The molecule has 6 nitrogen and oxygen atoms in total. The molecule has 0 N–H and O–H groups in total. The lowest BCUT2D eigenvalue weighted by molar-refractivity contribution is 0.0677. The molecule has 0 saturated heterocycles. The smallest absolute Gasteiger partial charge is 0.266 e. The number of unbranched alkanes of at least 4 members (excludes halogenated alkanes) is 2. The molecule has 0 aliphatic carbocycles. The topological polar surface area (TPSA) is 64.4 Å². The highest BCUT2D eigenvalue weighted by atomic mass is 35.5. The van der Waals surface area contributed by atoms with E-state index in [4.69, 9.17) is 21.3 Å². The molecule has 1 heterocycles. The van der Waals surface area contributed by atoms with Crippen LogP contribution in [0.5, 0.6) is 5.75 Å². The molecule has 0 saturated carbocycles. The van der Waals surface area contributed by atoms with E-state index in [1.165, 1.54) is 28.8 Å². The van der Waals surface area contributed by atoms with Crippen molar-refractivity contribution in [2.24, 2.45) is 0 Å². The van der Waals surface area contributed by atoms with E-state index < -0.39 is 11.9 Å². The molecule has 8 heteroatoms. The third-order valence-electron chi connectivity index (χ3n) is 6.38. The molecule has 0 radical (unpaired) electrons. The fourth-order valence-electron chi connectivity index (χ4n) is 4.34. The van der Waals surface area contributed by atoms with E-state index >= 15 is 0 Å². The zero-order valence-electron chi connectivity index (χ0n) is 21.1. The van der Waals surface area contributed by atoms with Gasteiger partial charge in [-0.25, -0.2) is 9.37 Å². The molecular formula is C29H29ClFN3O3. The summed E-state index contributed by atoms with van der Waals surface area (Å²) < 4.78 is 20.4. The first-order valence-electron chi connectivity index (χ1n) is 12.3. The highest BCUT2D eigenvalue weighted by Crippen LogP contribution is 2.27. The quantitative estimate of drug-likeness (QED) is 0.233. The second-order valence-electron chi connectivity index (χ2n) is 8.86. The van der Waals surface area contributed by atoms with E-state index in [9.17, 15) is 14.0 Å². The summed E-state index contributed by atoms with van der Waals surface area (Å²) in [7, 11) is 1.57. The summed E-state index contributed by atoms with van der Waals surface area (Å²) in [5.41, 5.74) is 1.15.